The molecule has 0 saturated carbocycles. The van der Waals surface area contributed by atoms with Crippen LogP contribution in [0, 0.1) is 5.92 Å². The van der Waals surface area contributed by atoms with Crippen molar-refractivity contribution in [3.05, 3.63) is 0 Å². The maximum Gasteiger partial charge on any atom is 0.0767 e. The molecule has 0 bridgehead atoms. The quantitative estimate of drug-likeness (QED) is 0.504. The molecule has 0 spiro atoms. The normalized spacial score (nSPS) is 30.7. The van der Waals surface area contributed by atoms with Crippen LogP contribution >= 0.6 is 0 Å². The van der Waals surface area contributed by atoms with Gasteiger partial charge in [0.2, 0.25) is 0 Å². The van der Waals surface area contributed by atoms with Gasteiger partial charge in [-0.05, 0) is 18.8 Å². The molecule has 1 fully saturated rings. The average Bonchev–Trinajstić information content (AvgIpc) is 2.54. The standard InChI is InChI=1S/C10H22N2O/c1-3-4-5-9(12-11)10-8(2)6-7-13-10/h8-10,12H,3-7,11H2,1-2H3. The first-order chi connectivity index (χ1) is 6.29. The molecule has 0 aromatic heterocycles. The van der Waals surface area contributed by atoms with Crippen molar-refractivity contribution >= 4 is 0 Å². The van der Waals surface area contributed by atoms with Crippen LogP contribution in [0.5, 0.6) is 0 Å². The van der Waals surface area contributed by atoms with Gasteiger partial charge in [-0.1, -0.05) is 26.7 Å². The summed E-state index contributed by atoms with van der Waals surface area (Å²) in [5, 5.41) is 0. The van der Waals surface area contributed by atoms with Crippen LogP contribution in [0.15, 0.2) is 0 Å². The Labute approximate surface area is 81.0 Å². The molecule has 78 valence electrons. The van der Waals surface area contributed by atoms with Crippen LogP contribution in [0.3, 0.4) is 0 Å². The molecule has 3 atom stereocenters. The summed E-state index contributed by atoms with van der Waals surface area (Å²) in [6.07, 6.45) is 5.08. The molecule has 3 heteroatoms. The zero-order valence-corrected chi connectivity index (χ0v) is 8.75. The van der Waals surface area contributed by atoms with Gasteiger partial charge in [-0.15, -0.1) is 0 Å². The van der Waals surface area contributed by atoms with Gasteiger partial charge in [-0.3, -0.25) is 11.3 Å². The topological polar surface area (TPSA) is 47.3 Å². The Morgan fingerprint density at radius 2 is 2.38 bits per heavy atom. The number of hydrogen-bond acceptors (Lipinski definition) is 3. The van der Waals surface area contributed by atoms with Crippen LogP contribution < -0.4 is 11.3 Å². The Morgan fingerprint density at radius 1 is 1.62 bits per heavy atom. The van der Waals surface area contributed by atoms with Gasteiger partial charge in [-0.2, -0.15) is 0 Å². The fraction of sp³-hybridized carbons (Fsp3) is 1.00. The number of hydrogen-bond donors (Lipinski definition) is 2. The van der Waals surface area contributed by atoms with Gasteiger partial charge in [0, 0.05) is 12.6 Å². The van der Waals surface area contributed by atoms with Crippen LogP contribution in [-0.4, -0.2) is 18.8 Å². The number of unbranched alkanes of at least 4 members (excludes halogenated alkanes) is 1. The van der Waals surface area contributed by atoms with E-state index in [0.717, 1.165) is 13.0 Å². The van der Waals surface area contributed by atoms with E-state index in [-0.39, 0.29) is 0 Å². The van der Waals surface area contributed by atoms with Gasteiger partial charge in [0.05, 0.1) is 6.10 Å². The lowest BCUT2D eigenvalue weighted by Gasteiger charge is -2.25. The minimum absolute atomic E-state index is 0.330. The number of rotatable bonds is 5. The summed E-state index contributed by atoms with van der Waals surface area (Å²) < 4.78 is 5.67. The predicted octanol–water partition coefficient (Wildman–Crippen LogP) is 1.43. The largest absolute Gasteiger partial charge is 0.376 e. The summed E-state index contributed by atoms with van der Waals surface area (Å²) >= 11 is 0. The van der Waals surface area contributed by atoms with E-state index in [1.165, 1.54) is 19.3 Å². The second-order valence-electron chi connectivity index (χ2n) is 4.02. The van der Waals surface area contributed by atoms with Crippen molar-refractivity contribution in [1.82, 2.24) is 5.43 Å². The monoisotopic (exact) mass is 186 g/mol. The molecule has 1 rings (SSSR count). The number of nitrogens with one attached hydrogen (secondary N) is 1. The van der Waals surface area contributed by atoms with E-state index in [1.807, 2.05) is 0 Å². The van der Waals surface area contributed by atoms with Crippen molar-refractivity contribution in [3.63, 3.8) is 0 Å². The van der Waals surface area contributed by atoms with Crippen LogP contribution in [0.25, 0.3) is 0 Å². The van der Waals surface area contributed by atoms with E-state index >= 15 is 0 Å². The second kappa shape index (κ2) is 5.58. The second-order valence-corrected chi connectivity index (χ2v) is 4.02. The molecule has 3 N–H and O–H groups in total. The first-order valence-corrected chi connectivity index (χ1v) is 5.37. The van der Waals surface area contributed by atoms with Crippen molar-refractivity contribution in [2.75, 3.05) is 6.61 Å². The Balaban J connectivity index is 2.35. The lowest BCUT2D eigenvalue weighted by Crippen LogP contribution is -2.45. The van der Waals surface area contributed by atoms with Gasteiger partial charge < -0.3 is 4.74 Å². The fourth-order valence-electron chi connectivity index (χ4n) is 2.00. The molecule has 1 saturated heterocycles. The van der Waals surface area contributed by atoms with E-state index < -0.39 is 0 Å². The molecule has 0 aromatic carbocycles. The molecular formula is C10H22N2O. The molecule has 3 nitrogen and oxygen atoms in total. The first kappa shape index (κ1) is 11.0. The molecule has 3 unspecified atom stereocenters. The lowest BCUT2D eigenvalue weighted by atomic mass is 9.95. The summed E-state index contributed by atoms with van der Waals surface area (Å²) in [6, 6.07) is 0.345. The van der Waals surface area contributed by atoms with Crippen LogP contribution in [-0.2, 0) is 4.74 Å². The van der Waals surface area contributed by atoms with Crippen molar-refractivity contribution in [3.8, 4) is 0 Å². The molecular weight excluding hydrogens is 164 g/mol. The number of nitrogens with two attached hydrogens (primary N) is 1. The molecule has 0 aromatic rings. The highest BCUT2D eigenvalue weighted by Crippen LogP contribution is 2.24. The van der Waals surface area contributed by atoms with Gasteiger partial charge in [0.25, 0.3) is 0 Å². The summed E-state index contributed by atoms with van der Waals surface area (Å²) in [7, 11) is 0. The molecule has 1 heterocycles. The van der Waals surface area contributed by atoms with Crippen LogP contribution in [0.1, 0.15) is 39.5 Å². The predicted molar refractivity (Wildman–Crippen MR) is 54.2 cm³/mol. The summed E-state index contributed by atoms with van der Waals surface area (Å²) in [6.45, 7) is 5.34. The maximum atomic E-state index is 5.67. The molecule has 1 aliphatic rings. The highest BCUT2D eigenvalue weighted by atomic mass is 16.5. The van der Waals surface area contributed by atoms with Crippen molar-refractivity contribution in [2.24, 2.45) is 11.8 Å². The summed E-state index contributed by atoms with van der Waals surface area (Å²) in [4.78, 5) is 0. The fourth-order valence-corrected chi connectivity index (χ4v) is 2.00. The van der Waals surface area contributed by atoms with E-state index in [1.54, 1.807) is 0 Å². The third-order valence-corrected chi connectivity index (χ3v) is 2.92. The van der Waals surface area contributed by atoms with E-state index in [2.05, 4.69) is 19.3 Å². The third-order valence-electron chi connectivity index (χ3n) is 2.92. The molecule has 0 amide bonds. The van der Waals surface area contributed by atoms with Crippen molar-refractivity contribution < 1.29 is 4.74 Å². The molecule has 0 aliphatic carbocycles. The van der Waals surface area contributed by atoms with Gasteiger partial charge in [-0.25, -0.2) is 0 Å². The van der Waals surface area contributed by atoms with Crippen molar-refractivity contribution in [1.29, 1.82) is 0 Å². The molecule has 13 heavy (non-hydrogen) atoms. The van der Waals surface area contributed by atoms with E-state index in [0.29, 0.717) is 18.1 Å². The third kappa shape index (κ3) is 2.93. The van der Waals surface area contributed by atoms with E-state index in [4.69, 9.17) is 10.6 Å². The summed E-state index contributed by atoms with van der Waals surface area (Å²) in [5.74, 6) is 6.18. The van der Waals surface area contributed by atoms with E-state index in [9.17, 15) is 0 Å². The number of ether oxygens (including phenoxy) is 1. The minimum Gasteiger partial charge on any atom is -0.376 e. The van der Waals surface area contributed by atoms with Crippen molar-refractivity contribution in [2.45, 2.75) is 51.7 Å². The minimum atomic E-state index is 0.330. The Hall–Kier alpha value is -0.120. The average molecular weight is 186 g/mol. The Bertz CT molecular complexity index is 141. The summed E-state index contributed by atoms with van der Waals surface area (Å²) in [5.41, 5.74) is 2.88. The molecule has 1 aliphatic heterocycles. The zero-order chi connectivity index (χ0) is 9.68. The highest BCUT2D eigenvalue weighted by Gasteiger charge is 2.30. The first-order valence-electron chi connectivity index (χ1n) is 5.37. The zero-order valence-electron chi connectivity index (χ0n) is 8.75. The number of hydrazine groups is 1. The highest BCUT2D eigenvalue weighted by molar-refractivity contribution is 4.83. The van der Waals surface area contributed by atoms with Gasteiger partial charge >= 0.3 is 0 Å². The van der Waals surface area contributed by atoms with Gasteiger partial charge in [0.1, 0.15) is 0 Å². The molecule has 0 radical (unpaired) electrons. The lowest BCUT2D eigenvalue weighted by molar-refractivity contribution is 0.0576. The SMILES string of the molecule is CCCCC(NN)C1OCCC1C. The Kier molecular flexibility index (Phi) is 4.70. The Morgan fingerprint density at radius 3 is 2.85 bits per heavy atom. The smallest absolute Gasteiger partial charge is 0.0767 e. The maximum absolute atomic E-state index is 5.67. The van der Waals surface area contributed by atoms with Crippen LogP contribution in [0.4, 0.5) is 0 Å². The van der Waals surface area contributed by atoms with Crippen LogP contribution in [0.2, 0.25) is 0 Å². The van der Waals surface area contributed by atoms with Gasteiger partial charge in [0.15, 0.2) is 0 Å².